The summed E-state index contributed by atoms with van der Waals surface area (Å²) < 4.78 is 5.29. The van der Waals surface area contributed by atoms with Crippen molar-refractivity contribution in [1.82, 2.24) is 10.3 Å². The van der Waals surface area contributed by atoms with E-state index in [1.54, 1.807) is 18.3 Å². The van der Waals surface area contributed by atoms with Crippen LogP contribution in [0.25, 0.3) is 0 Å². The second-order valence-corrected chi connectivity index (χ2v) is 3.52. The molecular weight excluding hydrogens is 224 g/mol. The Bertz CT molecular complexity index is 394. The van der Waals surface area contributed by atoms with Gasteiger partial charge in [0.15, 0.2) is 6.10 Å². The zero-order chi connectivity index (χ0) is 12.8. The van der Waals surface area contributed by atoms with E-state index < -0.39 is 24.0 Å². The minimum Gasteiger partial charge on any atom is -0.480 e. The van der Waals surface area contributed by atoms with Crippen molar-refractivity contribution in [2.75, 3.05) is 0 Å². The van der Waals surface area contributed by atoms with Gasteiger partial charge in [-0.3, -0.25) is 14.6 Å². The summed E-state index contributed by atoms with van der Waals surface area (Å²) in [6.07, 6.45) is 2.29. The standard InChI is InChI=1S/C11H14N2O4/c1-7(11(15)16)13-10(14)8(2)17-9-4-3-5-12-6-9/h3-8H,1-2H3,(H,13,14)(H,15,16)/t7-,8?/m0/s1. The molecule has 0 bridgehead atoms. The Morgan fingerprint density at radius 3 is 2.71 bits per heavy atom. The van der Waals surface area contributed by atoms with Crippen molar-refractivity contribution < 1.29 is 19.4 Å². The quantitative estimate of drug-likeness (QED) is 0.777. The van der Waals surface area contributed by atoms with Crippen molar-refractivity contribution in [3.8, 4) is 5.75 Å². The van der Waals surface area contributed by atoms with Crippen LogP contribution in [-0.2, 0) is 9.59 Å². The molecule has 1 heterocycles. The number of hydrogen-bond acceptors (Lipinski definition) is 4. The third-order valence-corrected chi connectivity index (χ3v) is 2.05. The molecule has 0 aliphatic rings. The fraction of sp³-hybridized carbons (Fsp3) is 0.364. The third kappa shape index (κ3) is 4.10. The lowest BCUT2D eigenvalue weighted by Crippen LogP contribution is -2.44. The van der Waals surface area contributed by atoms with Crippen molar-refractivity contribution in [3.05, 3.63) is 24.5 Å². The average Bonchev–Trinajstić information content (AvgIpc) is 2.29. The molecule has 0 aromatic carbocycles. The van der Waals surface area contributed by atoms with Crippen LogP contribution in [0.3, 0.4) is 0 Å². The van der Waals surface area contributed by atoms with Crippen molar-refractivity contribution in [1.29, 1.82) is 0 Å². The first-order valence-electron chi connectivity index (χ1n) is 5.10. The Morgan fingerprint density at radius 1 is 1.47 bits per heavy atom. The van der Waals surface area contributed by atoms with Gasteiger partial charge in [0.05, 0.1) is 6.20 Å². The minimum absolute atomic E-state index is 0.457. The number of rotatable bonds is 5. The van der Waals surface area contributed by atoms with E-state index in [0.29, 0.717) is 5.75 Å². The number of carbonyl (C=O) groups excluding carboxylic acids is 1. The van der Waals surface area contributed by atoms with Gasteiger partial charge in [-0.2, -0.15) is 0 Å². The number of aliphatic carboxylic acids is 1. The molecule has 0 saturated carbocycles. The summed E-state index contributed by atoms with van der Waals surface area (Å²) in [6, 6.07) is 2.40. The molecule has 1 amide bonds. The molecule has 0 aliphatic carbocycles. The highest BCUT2D eigenvalue weighted by molar-refractivity contribution is 5.85. The van der Waals surface area contributed by atoms with E-state index in [4.69, 9.17) is 9.84 Å². The van der Waals surface area contributed by atoms with Crippen LogP contribution in [-0.4, -0.2) is 34.1 Å². The predicted octanol–water partition coefficient (Wildman–Crippen LogP) is 0.438. The largest absolute Gasteiger partial charge is 0.480 e. The summed E-state index contributed by atoms with van der Waals surface area (Å²) in [5.41, 5.74) is 0. The van der Waals surface area contributed by atoms with Gasteiger partial charge in [0.2, 0.25) is 0 Å². The molecule has 0 fully saturated rings. The maximum atomic E-state index is 11.5. The minimum atomic E-state index is -1.09. The second-order valence-electron chi connectivity index (χ2n) is 3.52. The Balaban J connectivity index is 2.50. The Labute approximate surface area is 98.6 Å². The number of ether oxygens (including phenoxy) is 1. The van der Waals surface area contributed by atoms with E-state index in [1.165, 1.54) is 20.0 Å². The molecule has 2 N–H and O–H groups in total. The van der Waals surface area contributed by atoms with Crippen LogP contribution in [0.2, 0.25) is 0 Å². The number of aromatic nitrogens is 1. The van der Waals surface area contributed by atoms with Crippen LogP contribution in [0.15, 0.2) is 24.5 Å². The Kier molecular flexibility index (Phi) is 4.45. The van der Waals surface area contributed by atoms with Crippen molar-refractivity contribution in [2.24, 2.45) is 0 Å². The van der Waals surface area contributed by atoms with Crippen LogP contribution < -0.4 is 10.1 Å². The first-order valence-corrected chi connectivity index (χ1v) is 5.10. The van der Waals surface area contributed by atoms with E-state index in [2.05, 4.69) is 10.3 Å². The zero-order valence-electron chi connectivity index (χ0n) is 9.58. The second kappa shape index (κ2) is 5.83. The molecule has 6 nitrogen and oxygen atoms in total. The highest BCUT2D eigenvalue weighted by Crippen LogP contribution is 2.08. The molecule has 0 spiro atoms. The van der Waals surface area contributed by atoms with Gasteiger partial charge in [-0.05, 0) is 26.0 Å². The van der Waals surface area contributed by atoms with Crippen molar-refractivity contribution >= 4 is 11.9 Å². The lowest BCUT2D eigenvalue weighted by atomic mass is 10.3. The van der Waals surface area contributed by atoms with Gasteiger partial charge in [-0.15, -0.1) is 0 Å². The van der Waals surface area contributed by atoms with Gasteiger partial charge in [-0.25, -0.2) is 0 Å². The number of carboxylic acids is 1. The molecule has 17 heavy (non-hydrogen) atoms. The predicted molar refractivity (Wildman–Crippen MR) is 59.6 cm³/mol. The fourth-order valence-corrected chi connectivity index (χ4v) is 1.07. The van der Waals surface area contributed by atoms with Crippen LogP contribution in [0.5, 0.6) is 5.75 Å². The lowest BCUT2D eigenvalue weighted by molar-refractivity contribution is -0.142. The zero-order valence-corrected chi connectivity index (χ0v) is 9.58. The monoisotopic (exact) mass is 238 g/mol. The fourth-order valence-electron chi connectivity index (χ4n) is 1.07. The molecule has 92 valence electrons. The topological polar surface area (TPSA) is 88.5 Å². The van der Waals surface area contributed by atoms with Crippen LogP contribution in [0, 0.1) is 0 Å². The Hall–Kier alpha value is -2.11. The van der Waals surface area contributed by atoms with Gasteiger partial charge < -0.3 is 15.2 Å². The molecule has 0 saturated heterocycles. The molecule has 2 atom stereocenters. The van der Waals surface area contributed by atoms with Crippen molar-refractivity contribution in [2.45, 2.75) is 26.0 Å². The van der Waals surface area contributed by atoms with Crippen molar-refractivity contribution in [3.63, 3.8) is 0 Å². The summed E-state index contributed by atoms with van der Waals surface area (Å²) in [5, 5.41) is 11.0. The van der Waals surface area contributed by atoms with Crippen LogP contribution in [0.1, 0.15) is 13.8 Å². The van der Waals surface area contributed by atoms with Gasteiger partial charge >= 0.3 is 5.97 Å². The molecule has 1 rings (SSSR count). The number of pyridine rings is 1. The van der Waals surface area contributed by atoms with Crippen LogP contribution >= 0.6 is 0 Å². The Morgan fingerprint density at radius 2 is 2.18 bits per heavy atom. The normalized spacial score (nSPS) is 13.5. The van der Waals surface area contributed by atoms with E-state index in [1.807, 2.05) is 0 Å². The first kappa shape index (κ1) is 13.0. The van der Waals surface area contributed by atoms with E-state index in [-0.39, 0.29) is 0 Å². The van der Waals surface area contributed by atoms with Gasteiger partial charge in [0, 0.05) is 6.20 Å². The summed E-state index contributed by atoms with van der Waals surface area (Å²) in [4.78, 5) is 25.9. The van der Waals surface area contributed by atoms with Gasteiger partial charge in [0.1, 0.15) is 11.8 Å². The summed E-state index contributed by atoms with van der Waals surface area (Å²) in [6.45, 7) is 2.92. The lowest BCUT2D eigenvalue weighted by Gasteiger charge is -2.16. The number of nitrogens with one attached hydrogen (secondary N) is 1. The number of hydrogen-bond donors (Lipinski definition) is 2. The third-order valence-electron chi connectivity index (χ3n) is 2.05. The molecule has 1 unspecified atom stereocenters. The molecule has 6 heteroatoms. The van der Waals surface area contributed by atoms with Crippen LogP contribution in [0.4, 0.5) is 0 Å². The van der Waals surface area contributed by atoms with Gasteiger partial charge in [0.25, 0.3) is 5.91 Å². The maximum absolute atomic E-state index is 11.5. The highest BCUT2D eigenvalue weighted by Gasteiger charge is 2.20. The molecule has 0 aliphatic heterocycles. The van der Waals surface area contributed by atoms with E-state index in [9.17, 15) is 9.59 Å². The first-order chi connectivity index (χ1) is 8.00. The average molecular weight is 238 g/mol. The number of amides is 1. The maximum Gasteiger partial charge on any atom is 0.325 e. The summed E-state index contributed by atoms with van der Waals surface area (Å²) >= 11 is 0. The molecule has 1 aromatic heterocycles. The smallest absolute Gasteiger partial charge is 0.325 e. The highest BCUT2D eigenvalue weighted by atomic mass is 16.5. The van der Waals surface area contributed by atoms with E-state index >= 15 is 0 Å². The van der Waals surface area contributed by atoms with Gasteiger partial charge in [-0.1, -0.05) is 0 Å². The molecule has 1 aromatic rings. The van der Waals surface area contributed by atoms with E-state index in [0.717, 1.165) is 0 Å². The molecular formula is C11H14N2O4. The summed E-state index contributed by atoms with van der Waals surface area (Å²) in [7, 11) is 0. The molecule has 0 radical (unpaired) electrons. The number of nitrogens with zero attached hydrogens (tertiary/aromatic N) is 1. The number of carbonyl (C=O) groups is 2. The SMILES string of the molecule is CC(Oc1cccnc1)C(=O)N[C@@H](C)C(=O)O. The number of carboxylic acid groups (broad SMARTS) is 1. The summed E-state index contributed by atoms with van der Waals surface area (Å²) in [5.74, 6) is -1.12.